The number of hydrogen-bond donors (Lipinski definition) is 0. The highest BCUT2D eigenvalue weighted by atomic mass is 19.2. The van der Waals surface area contributed by atoms with Gasteiger partial charge >= 0.3 is 6.09 Å². The van der Waals surface area contributed by atoms with Crippen molar-refractivity contribution in [2.75, 3.05) is 18.8 Å². The Balaban J connectivity index is 1.79. The van der Waals surface area contributed by atoms with Crippen molar-refractivity contribution in [2.24, 2.45) is 0 Å². The lowest BCUT2D eigenvalue weighted by molar-refractivity contribution is -0.125. The zero-order valence-corrected chi connectivity index (χ0v) is 17.9. The van der Waals surface area contributed by atoms with Crippen LogP contribution in [0.1, 0.15) is 27.2 Å². The summed E-state index contributed by atoms with van der Waals surface area (Å²) in [6.45, 7) is 5.28. The second-order valence-corrected chi connectivity index (χ2v) is 8.29. The second-order valence-electron chi connectivity index (χ2n) is 8.29. The van der Waals surface area contributed by atoms with Crippen LogP contribution in [0.4, 0.5) is 15.0 Å². The molecule has 9 heteroatoms. The fourth-order valence-electron chi connectivity index (χ4n) is 3.37. The summed E-state index contributed by atoms with van der Waals surface area (Å²) < 4.78 is 27.0. The van der Waals surface area contributed by atoms with Gasteiger partial charge in [0.1, 0.15) is 11.6 Å². The molecular formula is C22H26FN3O5. The number of amides is 2. The van der Waals surface area contributed by atoms with Crippen molar-refractivity contribution in [3.05, 3.63) is 59.0 Å². The summed E-state index contributed by atoms with van der Waals surface area (Å²) in [4.78, 5) is 38.6. The summed E-state index contributed by atoms with van der Waals surface area (Å²) in [6.07, 6.45) is 0.657. The van der Waals surface area contributed by atoms with E-state index in [1.807, 2.05) is 0 Å². The largest absolute Gasteiger partial charge is 0.444 e. The Morgan fingerprint density at radius 2 is 1.81 bits per heavy atom. The Morgan fingerprint density at radius 1 is 1.13 bits per heavy atom. The van der Waals surface area contributed by atoms with Crippen molar-refractivity contribution >= 4 is 17.7 Å². The molecule has 1 aliphatic rings. The van der Waals surface area contributed by atoms with Gasteiger partial charge in [-0.25, -0.2) is 4.79 Å². The van der Waals surface area contributed by atoms with E-state index in [1.54, 1.807) is 39.1 Å². The Kier molecular flexibility index (Phi) is 6.45. The maximum atomic E-state index is 15.0. The molecule has 1 aliphatic heterocycles. The van der Waals surface area contributed by atoms with Crippen LogP contribution >= 0.6 is 0 Å². The molecule has 0 bridgehead atoms. The maximum Gasteiger partial charge on any atom is 0.411 e. The lowest BCUT2D eigenvalue weighted by Gasteiger charge is -2.28. The van der Waals surface area contributed by atoms with Gasteiger partial charge in [0.25, 0.3) is 11.5 Å². The van der Waals surface area contributed by atoms with E-state index in [4.69, 9.17) is 9.47 Å². The lowest BCUT2D eigenvalue weighted by Crippen LogP contribution is -2.47. The molecule has 1 aromatic carbocycles. The van der Waals surface area contributed by atoms with Crippen LogP contribution in [-0.4, -0.2) is 52.9 Å². The predicted octanol–water partition coefficient (Wildman–Crippen LogP) is 3.08. The smallest absolute Gasteiger partial charge is 0.411 e. The van der Waals surface area contributed by atoms with Crippen molar-refractivity contribution in [1.29, 1.82) is 0 Å². The number of halogens is 1. The number of anilines is 1. The van der Waals surface area contributed by atoms with Crippen LogP contribution in [0.2, 0.25) is 0 Å². The lowest BCUT2D eigenvalue weighted by atomic mass is 10.1. The zero-order chi connectivity index (χ0) is 22.8. The highest BCUT2D eigenvalue weighted by Gasteiger charge is 2.44. The topological polar surface area (TPSA) is 81.1 Å². The van der Waals surface area contributed by atoms with Crippen molar-refractivity contribution in [3.8, 4) is 5.69 Å². The number of nitrogens with zero attached hydrogens (tertiary/aromatic N) is 3. The minimum absolute atomic E-state index is 0.0114. The third-order valence-corrected chi connectivity index (χ3v) is 4.88. The summed E-state index contributed by atoms with van der Waals surface area (Å²) in [6, 6.07) is 9.56. The summed E-state index contributed by atoms with van der Waals surface area (Å²) in [7, 11) is 1.47. The molecule has 0 saturated carbocycles. The van der Waals surface area contributed by atoms with Gasteiger partial charge in [-0.05, 0) is 51.1 Å². The summed E-state index contributed by atoms with van der Waals surface area (Å²) in [5.74, 6) is -0.893. The molecule has 3 rings (SSSR count). The molecule has 8 nitrogen and oxygen atoms in total. The number of carbonyl (C=O) groups excluding carboxylic acids is 2. The van der Waals surface area contributed by atoms with Gasteiger partial charge in [0, 0.05) is 31.5 Å². The number of ether oxygens (including phenoxy) is 2. The van der Waals surface area contributed by atoms with E-state index in [0.29, 0.717) is 5.69 Å². The van der Waals surface area contributed by atoms with Crippen LogP contribution in [0.25, 0.3) is 5.69 Å². The minimum atomic E-state index is -1.05. The number of hydrogen-bond acceptors (Lipinski definition) is 5. The number of carbonyl (C=O) groups is 2. The molecular weight excluding hydrogens is 405 g/mol. The molecule has 2 aromatic rings. The van der Waals surface area contributed by atoms with Crippen LogP contribution in [0.15, 0.2) is 53.5 Å². The Hall–Kier alpha value is -3.20. The molecule has 2 atom stereocenters. The van der Waals surface area contributed by atoms with E-state index in [2.05, 4.69) is 0 Å². The van der Waals surface area contributed by atoms with Crippen LogP contribution in [0.3, 0.4) is 0 Å². The van der Waals surface area contributed by atoms with E-state index in [1.165, 1.54) is 46.9 Å². The van der Waals surface area contributed by atoms with Crippen molar-refractivity contribution in [3.63, 3.8) is 0 Å². The maximum absolute atomic E-state index is 15.0. The minimum Gasteiger partial charge on any atom is -0.444 e. The van der Waals surface area contributed by atoms with E-state index in [0.717, 1.165) is 0 Å². The third kappa shape index (κ3) is 5.11. The highest BCUT2D eigenvalue weighted by Crippen LogP contribution is 2.27. The molecule has 0 radical (unpaired) electrons. The van der Waals surface area contributed by atoms with E-state index < -0.39 is 29.7 Å². The molecule has 1 fully saturated rings. The summed E-state index contributed by atoms with van der Waals surface area (Å²) >= 11 is 0. The quantitative estimate of drug-likeness (QED) is 0.695. The Morgan fingerprint density at radius 3 is 2.39 bits per heavy atom. The van der Waals surface area contributed by atoms with Gasteiger partial charge in [-0.2, -0.15) is 0 Å². The van der Waals surface area contributed by atoms with Crippen LogP contribution < -0.4 is 10.7 Å². The van der Waals surface area contributed by atoms with Gasteiger partial charge in [0.2, 0.25) is 0 Å². The van der Waals surface area contributed by atoms with Crippen LogP contribution in [0.5, 0.6) is 0 Å². The number of likely N-dealkylation sites (tertiary alicyclic amines) is 1. The molecule has 0 unspecified atom stereocenters. The normalized spacial score (nSPS) is 18.7. The Bertz CT molecular complexity index is 999. The number of benzene rings is 1. The molecule has 0 spiro atoms. The van der Waals surface area contributed by atoms with Crippen LogP contribution in [-0.2, 0) is 14.3 Å². The molecule has 0 N–H and O–H groups in total. The van der Waals surface area contributed by atoms with Crippen molar-refractivity contribution in [1.82, 2.24) is 9.47 Å². The number of pyridine rings is 1. The first kappa shape index (κ1) is 22.5. The van der Waals surface area contributed by atoms with Gasteiger partial charge in [-0.1, -0.05) is 10.5 Å². The van der Waals surface area contributed by atoms with E-state index in [-0.39, 0.29) is 29.3 Å². The van der Waals surface area contributed by atoms with Gasteiger partial charge < -0.3 is 9.47 Å². The predicted molar refractivity (Wildman–Crippen MR) is 113 cm³/mol. The van der Waals surface area contributed by atoms with Gasteiger partial charge in [0.15, 0.2) is 0 Å². The fourth-order valence-corrected chi connectivity index (χ4v) is 3.37. The SMILES string of the molecule is CO[C@@H]1C[C@H](C(=O)N(F)c2ccc(-n3ccccc3=O)cc2)N(C(=O)OC(C)(C)C)C1. The second kappa shape index (κ2) is 8.89. The zero-order valence-electron chi connectivity index (χ0n) is 17.9. The van der Waals surface area contributed by atoms with Crippen LogP contribution in [0, 0.1) is 0 Å². The highest BCUT2D eigenvalue weighted by molar-refractivity contribution is 5.97. The van der Waals surface area contributed by atoms with Gasteiger partial charge in [0.05, 0.1) is 18.3 Å². The monoisotopic (exact) mass is 431 g/mol. The fraction of sp³-hybridized carbons (Fsp3) is 0.409. The Labute approximate surface area is 179 Å². The molecule has 0 aliphatic carbocycles. The number of rotatable bonds is 4. The molecule has 2 amide bonds. The molecule has 166 valence electrons. The number of aromatic nitrogens is 1. The average Bonchev–Trinajstić information content (AvgIpc) is 3.17. The number of methoxy groups -OCH3 is 1. The summed E-state index contributed by atoms with van der Waals surface area (Å²) in [5, 5.41) is 0.0115. The van der Waals surface area contributed by atoms with Crippen molar-refractivity contribution < 1.29 is 23.5 Å². The van der Waals surface area contributed by atoms with Crippen molar-refractivity contribution in [2.45, 2.75) is 44.9 Å². The van der Waals surface area contributed by atoms with E-state index >= 15 is 0 Å². The standard InChI is InChI=1S/C22H26FN3O5/c1-22(2,3)31-21(29)25-14-17(30-4)13-18(25)20(28)26(23)16-10-8-15(9-11-16)24-12-6-5-7-19(24)27/h5-12,17-18H,13-14H2,1-4H3/t17-,18-/m1/s1. The molecule has 2 heterocycles. The third-order valence-electron chi connectivity index (χ3n) is 4.88. The van der Waals surface area contributed by atoms with Gasteiger partial charge in [-0.15, -0.1) is 5.12 Å². The van der Waals surface area contributed by atoms with Gasteiger partial charge in [-0.3, -0.25) is 19.1 Å². The molecule has 1 saturated heterocycles. The average molecular weight is 431 g/mol. The molecule has 31 heavy (non-hydrogen) atoms. The molecule has 1 aromatic heterocycles. The first-order valence-electron chi connectivity index (χ1n) is 9.91. The first-order valence-corrected chi connectivity index (χ1v) is 9.91. The first-order chi connectivity index (χ1) is 14.6. The summed E-state index contributed by atoms with van der Waals surface area (Å²) in [5.41, 5.74) is -0.460. The van der Waals surface area contributed by atoms with E-state index in [9.17, 15) is 18.9 Å².